The zero-order chi connectivity index (χ0) is 18.1. The second-order valence-electron chi connectivity index (χ2n) is 6.40. The number of nitrogens with zero attached hydrogens (tertiary/aromatic N) is 3. The lowest BCUT2D eigenvalue weighted by molar-refractivity contribution is -0.130. The highest BCUT2D eigenvalue weighted by molar-refractivity contribution is 5.84. The molecule has 0 spiro atoms. The number of carbonyl (C=O) groups is 1. The molecule has 1 saturated heterocycles. The van der Waals surface area contributed by atoms with E-state index in [0.29, 0.717) is 25.1 Å². The normalized spacial score (nSPS) is 18.3. The van der Waals surface area contributed by atoms with Gasteiger partial charge in [0.2, 0.25) is 5.91 Å². The van der Waals surface area contributed by atoms with Gasteiger partial charge in [-0.15, -0.1) is 0 Å². The van der Waals surface area contributed by atoms with Crippen LogP contribution in [0.1, 0.15) is 32.3 Å². The molecule has 138 valence electrons. The van der Waals surface area contributed by atoms with Gasteiger partial charge in [-0.3, -0.25) is 9.69 Å². The molecule has 1 aromatic rings. The standard InChI is InChI=1S/C19H31N5O/c1-3-23-12-8-11-17(23)13-21-19(20)22-14-18(25)24(4-2)15-16-9-6-5-7-10-16/h5-7,9-10,17H,3-4,8,11-15H2,1-2H3,(H3,20,21,22). The van der Waals surface area contributed by atoms with Gasteiger partial charge >= 0.3 is 0 Å². The topological polar surface area (TPSA) is 74.0 Å². The van der Waals surface area contributed by atoms with Crippen molar-refractivity contribution in [3.63, 3.8) is 0 Å². The average Bonchev–Trinajstić information content (AvgIpc) is 3.10. The fraction of sp³-hybridized carbons (Fsp3) is 0.579. The monoisotopic (exact) mass is 345 g/mol. The Morgan fingerprint density at radius 2 is 2.12 bits per heavy atom. The number of likely N-dealkylation sites (N-methyl/N-ethyl adjacent to an activating group) is 2. The predicted molar refractivity (Wildman–Crippen MR) is 102 cm³/mol. The van der Waals surface area contributed by atoms with Crippen LogP contribution in [0.15, 0.2) is 35.3 Å². The Labute approximate surface area is 151 Å². The number of benzene rings is 1. The van der Waals surface area contributed by atoms with Crippen molar-refractivity contribution in [2.45, 2.75) is 39.3 Å². The van der Waals surface area contributed by atoms with E-state index in [1.165, 1.54) is 12.8 Å². The van der Waals surface area contributed by atoms with Crippen molar-refractivity contribution >= 4 is 11.9 Å². The summed E-state index contributed by atoms with van der Waals surface area (Å²) >= 11 is 0. The van der Waals surface area contributed by atoms with Crippen LogP contribution < -0.4 is 11.1 Å². The Balaban J connectivity index is 1.78. The lowest BCUT2D eigenvalue weighted by atomic mass is 10.2. The molecule has 0 aromatic heterocycles. The molecule has 25 heavy (non-hydrogen) atoms. The van der Waals surface area contributed by atoms with Crippen molar-refractivity contribution in [2.24, 2.45) is 10.7 Å². The van der Waals surface area contributed by atoms with Gasteiger partial charge in [0.1, 0.15) is 6.54 Å². The summed E-state index contributed by atoms with van der Waals surface area (Å²) < 4.78 is 0. The Morgan fingerprint density at radius 1 is 1.36 bits per heavy atom. The molecule has 6 nitrogen and oxygen atoms in total. The van der Waals surface area contributed by atoms with E-state index in [9.17, 15) is 4.79 Å². The van der Waals surface area contributed by atoms with E-state index >= 15 is 0 Å². The van der Waals surface area contributed by atoms with E-state index in [1.807, 2.05) is 37.3 Å². The van der Waals surface area contributed by atoms with Crippen LogP contribution in [0.5, 0.6) is 0 Å². The van der Waals surface area contributed by atoms with Crippen molar-refractivity contribution < 1.29 is 4.79 Å². The molecule has 1 heterocycles. The third-order valence-electron chi connectivity index (χ3n) is 4.76. The third-order valence-corrected chi connectivity index (χ3v) is 4.76. The first-order valence-corrected chi connectivity index (χ1v) is 9.23. The number of hydrogen-bond donors (Lipinski definition) is 2. The maximum absolute atomic E-state index is 12.4. The van der Waals surface area contributed by atoms with E-state index in [2.05, 4.69) is 22.1 Å². The van der Waals surface area contributed by atoms with Crippen molar-refractivity contribution in [3.05, 3.63) is 35.9 Å². The summed E-state index contributed by atoms with van der Waals surface area (Å²) in [4.78, 5) is 20.8. The third kappa shape index (κ3) is 6.05. The minimum atomic E-state index is -0.00726. The molecule has 0 aliphatic carbocycles. The molecule has 1 amide bonds. The van der Waals surface area contributed by atoms with E-state index in [-0.39, 0.29) is 12.5 Å². The molecule has 1 atom stereocenters. The van der Waals surface area contributed by atoms with Crippen molar-refractivity contribution in [1.29, 1.82) is 0 Å². The maximum Gasteiger partial charge on any atom is 0.244 e. The summed E-state index contributed by atoms with van der Waals surface area (Å²) in [6, 6.07) is 10.5. The number of nitrogens with two attached hydrogens (primary N) is 1. The van der Waals surface area contributed by atoms with E-state index in [4.69, 9.17) is 5.73 Å². The van der Waals surface area contributed by atoms with Crippen LogP contribution in [0.3, 0.4) is 0 Å². The van der Waals surface area contributed by atoms with Crippen LogP contribution in [-0.4, -0.2) is 60.4 Å². The van der Waals surface area contributed by atoms with Gasteiger partial charge in [-0.25, -0.2) is 4.99 Å². The molecular weight excluding hydrogens is 314 g/mol. The molecule has 6 heteroatoms. The second kappa shape index (κ2) is 10.0. The van der Waals surface area contributed by atoms with Gasteiger partial charge in [0.25, 0.3) is 0 Å². The highest BCUT2D eigenvalue weighted by Crippen LogP contribution is 2.15. The zero-order valence-corrected chi connectivity index (χ0v) is 15.4. The highest BCUT2D eigenvalue weighted by Gasteiger charge is 2.22. The van der Waals surface area contributed by atoms with Gasteiger partial charge in [0, 0.05) is 25.7 Å². The molecule has 1 aliphatic heterocycles. The van der Waals surface area contributed by atoms with Crippen molar-refractivity contribution in [2.75, 3.05) is 32.7 Å². The van der Waals surface area contributed by atoms with E-state index in [0.717, 1.165) is 25.2 Å². The minimum absolute atomic E-state index is 0.00726. The average molecular weight is 345 g/mol. The number of likely N-dealkylation sites (tertiary alicyclic amines) is 1. The summed E-state index contributed by atoms with van der Waals surface area (Å²) in [5.41, 5.74) is 7.05. The molecule has 1 fully saturated rings. The summed E-state index contributed by atoms with van der Waals surface area (Å²) in [6.45, 7) is 8.51. The lowest BCUT2D eigenvalue weighted by Crippen LogP contribution is -2.43. The van der Waals surface area contributed by atoms with Crippen molar-refractivity contribution in [1.82, 2.24) is 15.1 Å². The number of hydrogen-bond acceptors (Lipinski definition) is 3. The van der Waals surface area contributed by atoms with Crippen LogP contribution in [0, 0.1) is 0 Å². The largest absolute Gasteiger partial charge is 0.370 e. The van der Waals surface area contributed by atoms with Gasteiger partial charge in [0.15, 0.2) is 5.96 Å². The van der Waals surface area contributed by atoms with Crippen LogP contribution in [0.2, 0.25) is 0 Å². The van der Waals surface area contributed by atoms with Crippen LogP contribution in [-0.2, 0) is 11.3 Å². The van der Waals surface area contributed by atoms with Gasteiger partial charge in [0.05, 0.1) is 0 Å². The molecule has 3 N–H and O–H groups in total. The maximum atomic E-state index is 12.4. The van der Waals surface area contributed by atoms with Gasteiger partial charge in [-0.2, -0.15) is 0 Å². The van der Waals surface area contributed by atoms with E-state index < -0.39 is 0 Å². The number of rotatable bonds is 8. The molecule has 0 bridgehead atoms. The van der Waals surface area contributed by atoms with Crippen LogP contribution in [0.4, 0.5) is 0 Å². The predicted octanol–water partition coefficient (Wildman–Crippen LogP) is 1.42. The molecule has 1 aliphatic rings. The quantitative estimate of drug-likeness (QED) is 0.552. The second-order valence-corrected chi connectivity index (χ2v) is 6.40. The Morgan fingerprint density at radius 3 is 2.80 bits per heavy atom. The smallest absolute Gasteiger partial charge is 0.244 e. The fourth-order valence-electron chi connectivity index (χ4n) is 3.25. The zero-order valence-electron chi connectivity index (χ0n) is 15.4. The molecule has 2 rings (SSSR count). The minimum Gasteiger partial charge on any atom is -0.370 e. The first-order chi connectivity index (χ1) is 12.1. The molecule has 1 aromatic carbocycles. The Hall–Kier alpha value is -2.08. The lowest BCUT2D eigenvalue weighted by Gasteiger charge is -2.23. The van der Waals surface area contributed by atoms with Crippen LogP contribution in [0.25, 0.3) is 0 Å². The molecular formula is C19H31N5O. The number of nitrogens with one attached hydrogen (secondary N) is 1. The Bertz CT molecular complexity index is 560. The van der Waals surface area contributed by atoms with Crippen molar-refractivity contribution in [3.8, 4) is 0 Å². The summed E-state index contributed by atoms with van der Waals surface area (Å²) in [5.74, 6) is 0.347. The first kappa shape index (κ1) is 19.2. The molecule has 1 unspecified atom stereocenters. The molecule has 0 radical (unpaired) electrons. The molecule has 0 saturated carbocycles. The van der Waals surface area contributed by atoms with E-state index in [1.54, 1.807) is 4.90 Å². The summed E-state index contributed by atoms with van der Waals surface area (Å²) in [5, 5.41) is 3.17. The number of aliphatic imine (C=N–C) groups is 1. The van der Waals surface area contributed by atoms with Gasteiger partial charge < -0.3 is 16.0 Å². The van der Waals surface area contributed by atoms with Gasteiger partial charge in [-0.05, 0) is 38.4 Å². The number of carbonyl (C=O) groups excluding carboxylic acids is 1. The first-order valence-electron chi connectivity index (χ1n) is 9.23. The highest BCUT2D eigenvalue weighted by atomic mass is 16.2. The van der Waals surface area contributed by atoms with Crippen LogP contribution >= 0.6 is 0 Å². The Kier molecular flexibility index (Phi) is 7.73. The fourth-order valence-corrected chi connectivity index (χ4v) is 3.25. The summed E-state index contributed by atoms with van der Waals surface area (Å²) in [7, 11) is 0. The summed E-state index contributed by atoms with van der Waals surface area (Å²) in [6.07, 6.45) is 2.43. The SMILES string of the molecule is CCN(Cc1ccccc1)C(=O)CN=C(N)NCC1CCCN1CC. The number of guanidine groups is 1. The van der Waals surface area contributed by atoms with Gasteiger partial charge in [-0.1, -0.05) is 37.3 Å². The number of amides is 1.